The van der Waals surface area contributed by atoms with Crippen LogP contribution in [-0.4, -0.2) is 30.2 Å². The predicted octanol–water partition coefficient (Wildman–Crippen LogP) is 1.11. The first-order valence-corrected chi connectivity index (χ1v) is 4.62. The van der Waals surface area contributed by atoms with Crippen molar-refractivity contribution >= 4 is 6.08 Å². The van der Waals surface area contributed by atoms with Crippen LogP contribution in [0.3, 0.4) is 0 Å². The van der Waals surface area contributed by atoms with Gasteiger partial charge in [-0.2, -0.15) is 0 Å². The SMILES string of the molecule is CCOc1ncc(C=CCNC)cn1. The Labute approximate surface area is 84.0 Å². The number of nitrogens with one attached hydrogen (secondary N) is 1. The van der Waals surface area contributed by atoms with Crippen molar-refractivity contribution in [2.45, 2.75) is 6.92 Å². The molecule has 76 valence electrons. The maximum absolute atomic E-state index is 5.13. The molecule has 0 aliphatic carbocycles. The Morgan fingerprint density at radius 2 is 2.14 bits per heavy atom. The molecular formula is C10H15N3O. The molecule has 14 heavy (non-hydrogen) atoms. The Morgan fingerprint density at radius 1 is 1.43 bits per heavy atom. The average molecular weight is 193 g/mol. The zero-order valence-corrected chi connectivity index (χ0v) is 8.53. The smallest absolute Gasteiger partial charge is 0.316 e. The van der Waals surface area contributed by atoms with E-state index in [1.807, 2.05) is 26.1 Å². The summed E-state index contributed by atoms with van der Waals surface area (Å²) in [6, 6.07) is 0.429. The van der Waals surface area contributed by atoms with E-state index < -0.39 is 0 Å². The van der Waals surface area contributed by atoms with E-state index in [9.17, 15) is 0 Å². The number of aromatic nitrogens is 2. The fourth-order valence-corrected chi connectivity index (χ4v) is 0.929. The summed E-state index contributed by atoms with van der Waals surface area (Å²) in [6.45, 7) is 3.34. The van der Waals surface area contributed by atoms with Gasteiger partial charge in [0.1, 0.15) is 0 Å². The molecular weight excluding hydrogens is 178 g/mol. The lowest BCUT2D eigenvalue weighted by molar-refractivity contribution is 0.312. The van der Waals surface area contributed by atoms with Crippen molar-refractivity contribution in [3.8, 4) is 6.01 Å². The first-order valence-electron chi connectivity index (χ1n) is 4.62. The van der Waals surface area contributed by atoms with Gasteiger partial charge in [0.15, 0.2) is 0 Å². The first-order chi connectivity index (χ1) is 6.86. The van der Waals surface area contributed by atoms with Crippen molar-refractivity contribution in [1.82, 2.24) is 15.3 Å². The Hall–Kier alpha value is -1.42. The Bertz CT molecular complexity index is 282. The molecule has 0 amide bonds. The second-order valence-electron chi connectivity index (χ2n) is 2.69. The van der Waals surface area contributed by atoms with Crippen LogP contribution in [-0.2, 0) is 0 Å². The molecule has 0 radical (unpaired) electrons. The van der Waals surface area contributed by atoms with Crippen molar-refractivity contribution in [2.75, 3.05) is 20.2 Å². The molecule has 1 N–H and O–H groups in total. The Balaban J connectivity index is 2.54. The molecule has 1 heterocycles. The second kappa shape index (κ2) is 6.10. The Morgan fingerprint density at radius 3 is 2.71 bits per heavy atom. The van der Waals surface area contributed by atoms with Crippen LogP contribution in [0.1, 0.15) is 12.5 Å². The Kier molecular flexibility index (Phi) is 4.64. The molecule has 4 heteroatoms. The summed E-state index contributed by atoms with van der Waals surface area (Å²) in [7, 11) is 1.90. The van der Waals surface area contributed by atoms with E-state index >= 15 is 0 Å². The van der Waals surface area contributed by atoms with Crippen LogP contribution in [0.25, 0.3) is 6.08 Å². The summed E-state index contributed by atoms with van der Waals surface area (Å²) >= 11 is 0. The molecule has 0 bridgehead atoms. The first kappa shape index (κ1) is 10.7. The monoisotopic (exact) mass is 193 g/mol. The molecule has 1 aromatic heterocycles. The van der Waals surface area contributed by atoms with Crippen LogP contribution < -0.4 is 10.1 Å². The minimum atomic E-state index is 0.429. The lowest BCUT2D eigenvalue weighted by Crippen LogP contribution is -2.03. The number of nitrogens with zero attached hydrogens (tertiary/aromatic N) is 2. The summed E-state index contributed by atoms with van der Waals surface area (Å²) in [5.74, 6) is 0. The molecule has 1 aromatic rings. The van der Waals surface area contributed by atoms with Gasteiger partial charge in [0.2, 0.25) is 0 Å². The van der Waals surface area contributed by atoms with Crippen LogP contribution in [0.5, 0.6) is 6.01 Å². The maximum atomic E-state index is 5.13. The third kappa shape index (κ3) is 3.53. The topological polar surface area (TPSA) is 47.0 Å². The van der Waals surface area contributed by atoms with Gasteiger partial charge in [0.05, 0.1) is 6.61 Å². The van der Waals surface area contributed by atoms with Crippen molar-refractivity contribution in [3.05, 3.63) is 24.0 Å². The standard InChI is InChI=1S/C10H15N3O/c1-3-14-10-12-7-9(8-13-10)5-4-6-11-2/h4-5,7-8,11H,3,6H2,1-2H3. The molecule has 0 aliphatic rings. The van der Waals surface area contributed by atoms with Gasteiger partial charge < -0.3 is 10.1 Å². The number of hydrogen-bond acceptors (Lipinski definition) is 4. The van der Waals surface area contributed by atoms with E-state index in [0.717, 1.165) is 12.1 Å². The van der Waals surface area contributed by atoms with E-state index in [0.29, 0.717) is 12.6 Å². The second-order valence-corrected chi connectivity index (χ2v) is 2.69. The van der Waals surface area contributed by atoms with E-state index in [2.05, 4.69) is 15.3 Å². The van der Waals surface area contributed by atoms with Crippen LogP contribution >= 0.6 is 0 Å². The van der Waals surface area contributed by atoms with Crippen molar-refractivity contribution in [3.63, 3.8) is 0 Å². The molecule has 0 fully saturated rings. The summed E-state index contributed by atoms with van der Waals surface area (Å²) in [6.07, 6.45) is 7.46. The van der Waals surface area contributed by atoms with Gasteiger partial charge in [-0.15, -0.1) is 0 Å². The van der Waals surface area contributed by atoms with Crippen LogP contribution in [0.4, 0.5) is 0 Å². The van der Waals surface area contributed by atoms with Gasteiger partial charge in [-0.05, 0) is 14.0 Å². The molecule has 0 spiro atoms. The maximum Gasteiger partial charge on any atom is 0.316 e. The highest BCUT2D eigenvalue weighted by atomic mass is 16.5. The number of likely N-dealkylation sites (N-methyl/N-ethyl adjacent to an activating group) is 1. The normalized spacial score (nSPS) is 10.7. The van der Waals surface area contributed by atoms with Gasteiger partial charge in [-0.25, -0.2) is 9.97 Å². The highest BCUT2D eigenvalue weighted by Gasteiger charge is 1.93. The number of hydrogen-bond donors (Lipinski definition) is 1. The number of ether oxygens (including phenoxy) is 1. The summed E-state index contributed by atoms with van der Waals surface area (Å²) in [4.78, 5) is 8.08. The summed E-state index contributed by atoms with van der Waals surface area (Å²) < 4.78 is 5.13. The van der Waals surface area contributed by atoms with Crippen LogP contribution in [0.15, 0.2) is 18.5 Å². The molecule has 0 atom stereocenters. The highest BCUT2D eigenvalue weighted by Crippen LogP contribution is 2.03. The minimum Gasteiger partial charge on any atom is -0.464 e. The van der Waals surface area contributed by atoms with E-state index in [1.165, 1.54) is 0 Å². The minimum absolute atomic E-state index is 0.429. The van der Waals surface area contributed by atoms with Crippen molar-refractivity contribution in [2.24, 2.45) is 0 Å². The van der Waals surface area contributed by atoms with E-state index in [4.69, 9.17) is 4.74 Å². The van der Waals surface area contributed by atoms with Gasteiger partial charge >= 0.3 is 6.01 Å². The fourth-order valence-electron chi connectivity index (χ4n) is 0.929. The van der Waals surface area contributed by atoms with Crippen LogP contribution in [0, 0.1) is 0 Å². The molecule has 1 rings (SSSR count). The molecule has 0 saturated heterocycles. The molecule has 4 nitrogen and oxygen atoms in total. The lowest BCUT2D eigenvalue weighted by Gasteiger charge is -1.99. The van der Waals surface area contributed by atoms with E-state index in [1.54, 1.807) is 12.4 Å². The molecule has 0 saturated carbocycles. The van der Waals surface area contributed by atoms with Gasteiger partial charge in [0.25, 0.3) is 0 Å². The number of rotatable bonds is 5. The van der Waals surface area contributed by atoms with E-state index in [-0.39, 0.29) is 0 Å². The molecule has 0 unspecified atom stereocenters. The molecule has 0 aliphatic heterocycles. The zero-order chi connectivity index (χ0) is 10.2. The van der Waals surface area contributed by atoms with Gasteiger partial charge in [-0.1, -0.05) is 12.2 Å². The van der Waals surface area contributed by atoms with Gasteiger partial charge in [0, 0.05) is 24.5 Å². The highest BCUT2D eigenvalue weighted by molar-refractivity contribution is 5.46. The third-order valence-electron chi connectivity index (χ3n) is 1.55. The van der Waals surface area contributed by atoms with Crippen LogP contribution in [0.2, 0.25) is 0 Å². The molecule has 0 aromatic carbocycles. The quantitative estimate of drug-likeness (QED) is 0.761. The summed E-state index contributed by atoms with van der Waals surface area (Å²) in [5.41, 5.74) is 0.976. The predicted molar refractivity (Wildman–Crippen MR) is 56.2 cm³/mol. The fraction of sp³-hybridized carbons (Fsp3) is 0.400. The van der Waals surface area contributed by atoms with Crippen molar-refractivity contribution < 1.29 is 4.74 Å². The largest absolute Gasteiger partial charge is 0.464 e. The average Bonchev–Trinajstić information content (AvgIpc) is 2.21. The zero-order valence-electron chi connectivity index (χ0n) is 8.53. The van der Waals surface area contributed by atoms with Crippen molar-refractivity contribution in [1.29, 1.82) is 0 Å². The van der Waals surface area contributed by atoms with Gasteiger partial charge in [-0.3, -0.25) is 0 Å². The summed E-state index contributed by atoms with van der Waals surface area (Å²) in [5, 5.41) is 3.02. The lowest BCUT2D eigenvalue weighted by atomic mass is 10.3. The third-order valence-corrected chi connectivity index (χ3v) is 1.55.